The standard InChI is InChI=1S/C11H15Cl2NO/c12-10-4-3-9(7-11(10)13)8-14-5-1-2-6-15/h3-4,7,14-15H,1-2,5-6,8H2. The second kappa shape index (κ2) is 7.07. The molecule has 0 bridgehead atoms. The molecule has 0 fully saturated rings. The zero-order valence-corrected chi connectivity index (χ0v) is 9.98. The molecule has 0 aliphatic heterocycles. The van der Waals surface area contributed by atoms with Crippen LogP contribution in [0.15, 0.2) is 18.2 Å². The summed E-state index contributed by atoms with van der Waals surface area (Å²) in [5, 5.41) is 13.0. The Labute approximate surface area is 100 Å². The summed E-state index contributed by atoms with van der Waals surface area (Å²) in [7, 11) is 0. The molecule has 0 aromatic heterocycles. The molecule has 0 unspecified atom stereocenters. The highest BCUT2D eigenvalue weighted by Gasteiger charge is 1.98. The van der Waals surface area contributed by atoms with Gasteiger partial charge in [0.05, 0.1) is 10.0 Å². The molecule has 1 aromatic rings. The van der Waals surface area contributed by atoms with Crippen LogP contribution in [0.4, 0.5) is 0 Å². The molecule has 0 atom stereocenters. The van der Waals surface area contributed by atoms with Crippen LogP contribution in [0.25, 0.3) is 0 Å². The van der Waals surface area contributed by atoms with Gasteiger partial charge in [0.2, 0.25) is 0 Å². The molecule has 0 heterocycles. The van der Waals surface area contributed by atoms with Crippen LogP contribution in [-0.4, -0.2) is 18.3 Å². The molecule has 0 radical (unpaired) electrons. The second-order valence-corrected chi connectivity index (χ2v) is 4.17. The zero-order chi connectivity index (χ0) is 11.1. The summed E-state index contributed by atoms with van der Waals surface area (Å²) in [4.78, 5) is 0. The summed E-state index contributed by atoms with van der Waals surface area (Å²) in [6.45, 7) is 1.94. The molecule has 0 saturated heterocycles. The molecule has 0 saturated carbocycles. The van der Waals surface area contributed by atoms with Gasteiger partial charge in [0, 0.05) is 13.2 Å². The van der Waals surface area contributed by atoms with Gasteiger partial charge in [-0.1, -0.05) is 29.3 Å². The highest BCUT2D eigenvalue weighted by Crippen LogP contribution is 2.22. The third kappa shape index (κ3) is 4.85. The molecule has 0 aliphatic rings. The first-order valence-corrected chi connectivity index (χ1v) is 5.75. The predicted molar refractivity (Wildman–Crippen MR) is 64.5 cm³/mol. The summed E-state index contributed by atoms with van der Waals surface area (Å²) in [5.41, 5.74) is 1.12. The monoisotopic (exact) mass is 247 g/mol. The molecule has 0 amide bonds. The number of unbranched alkanes of at least 4 members (excludes halogenated alkanes) is 1. The van der Waals surface area contributed by atoms with E-state index in [4.69, 9.17) is 28.3 Å². The SMILES string of the molecule is OCCCCNCc1ccc(Cl)c(Cl)c1. The van der Waals surface area contributed by atoms with Crippen LogP contribution >= 0.6 is 23.2 Å². The van der Waals surface area contributed by atoms with E-state index in [0.29, 0.717) is 10.0 Å². The Hall–Kier alpha value is -0.280. The van der Waals surface area contributed by atoms with E-state index in [1.165, 1.54) is 0 Å². The van der Waals surface area contributed by atoms with Crippen LogP contribution in [-0.2, 0) is 6.54 Å². The van der Waals surface area contributed by atoms with Gasteiger partial charge in [-0.2, -0.15) is 0 Å². The Bertz CT molecular complexity index is 305. The number of hydrogen-bond donors (Lipinski definition) is 2. The molecule has 1 aromatic carbocycles. The summed E-state index contributed by atoms with van der Waals surface area (Å²) in [5.74, 6) is 0. The van der Waals surface area contributed by atoms with E-state index in [2.05, 4.69) is 5.32 Å². The minimum atomic E-state index is 0.258. The van der Waals surface area contributed by atoms with Gasteiger partial charge in [0.25, 0.3) is 0 Å². The van der Waals surface area contributed by atoms with Crippen LogP contribution in [0.1, 0.15) is 18.4 Å². The Kier molecular flexibility index (Phi) is 6.03. The molecule has 15 heavy (non-hydrogen) atoms. The lowest BCUT2D eigenvalue weighted by Crippen LogP contribution is -2.14. The molecular weight excluding hydrogens is 233 g/mol. The Morgan fingerprint density at radius 1 is 1.13 bits per heavy atom. The van der Waals surface area contributed by atoms with Gasteiger partial charge >= 0.3 is 0 Å². The van der Waals surface area contributed by atoms with Crippen molar-refractivity contribution >= 4 is 23.2 Å². The highest BCUT2D eigenvalue weighted by molar-refractivity contribution is 6.42. The maximum absolute atomic E-state index is 8.59. The topological polar surface area (TPSA) is 32.3 Å². The summed E-state index contributed by atoms with van der Waals surface area (Å²) in [6, 6.07) is 5.62. The van der Waals surface area contributed by atoms with Crippen molar-refractivity contribution in [1.82, 2.24) is 5.32 Å². The van der Waals surface area contributed by atoms with Crippen molar-refractivity contribution in [2.45, 2.75) is 19.4 Å². The molecule has 0 aliphatic carbocycles. The first-order valence-electron chi connectivity index (χ1n) is 4.99. The van der Waals surface area contributed by atoms with Crippen molar-refractivity contribution in [2.24, 2.45) is 0 Å². The first-order chi connectivity index (χ1) is 7.24. The van der Waals surface area contributed by atoms with Gasteiger partial charge in [-0.05, 0) is 37.1 Å². The van der Waals surface area contributed by atoms with Gasteiger partial charge in [-0.25, -0.2) is 0 Å². The van der Waals surface area contributed by atoms with Crippen LogP contribution in [0.5, 0.6) is 0 Å². The minimum absolute atomic E-state index is 0.258. The van der Waals surface area contributed by atoms with E-state index in [9.17, 15) is 0 Å². The molecule has 0 spiro atoms. The number of nitrogens with one attached hydrogen (secondary N) is 1. The van der Waals surface area contributed by atoms with Gasteiger partial charge in [-0.15, -0.1) is 0 Å². The van der Waals surface area contributed by atoms with E-state index < -0.39 is 0 Å². The van der Waals surface area contributed by atoms with Crippen LogP contribution in [0, 0.1) is 0 Å². The van der Waals surface area contributed by atoms with E-state index in [0.717, 1.165) is 31.5 Å². The van der Waals surface area contributed by atoms with E-state index >= 15 is 0 Å². The van der Waals surface area contributed by atoms with Crippen molar-refractivity contribution in [2.75, 3.05) is 13.2 Å². The Morgan fingerprint density at radius 2 is 1.93 bits per heavy atom. The van der Waals surface area contributed by atoms with Gasteiger partial charge in [0.1, 0.15) is 0 Å². The fraction of sp³-hybridized carbons (Fsp3) is 0.455. The average Bonchev–Trinajstić information content (AvgIpc) is 2.23. The highest BCUT2D eigenvalue weighted by atomic mass is 35.5. The zero-order valence-electron chi connectivity index (χ0n) is 8.47. The Morgan fingerprint density at radius 3 is 2.60 bits per heavy atom. The van der Waals surface area contributed by atoms with Crippen molar-refractivity contribution < 1.29 is 5.11 Å². The maximum Gasteiger partial charge on any atom is 0.0595 e. The van der Waals surface area contributed by atoms with Crippen molar-refractivity contribution in [3.63, 3.8) is 0 Å². The second-order valence-electron chi connectivity index (χ2n) is 3.36. The van der Waals surface area contributed by atoms with Gasteiger partial charge in [0.15, 0.2) is 0 Å². The third-order valence-electron chi connectivity index (χ3n) is 2.07. The normalized spacial score (nSPS) is 10.6. The van der Waals surface area contributed by atoms with E-state index in [1.807, 2.05) is 12.1 Å². The quantitative estimate of drug-likeness (QED) is 0.759. The Balaban J connectivity index is 2.28. The van der Waals surface area contributed by atoms with E-state index in [1.54, 1.807) is 6.07 Å². The molecule has 84 valence electrons. The van der Waals surface area contributed by atoms with Crippen molar-refractivity contribution in [3.8, 4) is 0 Å². The minimum Gasteiger partial charge on any atom is -0.396 e. The van der Waals surface area contributed by atoms with Crippen LogP contribution in [0.2, 0.25) is 10.0 Å². The third-order valence-corrected chi connectivity index (χ3v) is 2.81. The fourth-order valence-corrected chi connectivity index (χ4v) is 1.56. The van der Waals surface area contributed by atoms with Crippen LogP contribution < -0.4 is 5.32 Å². The summed E-state index contributed by atoms with van der Waals surface area (Å²) < 4.78 is 0. The molecule has 1 rings (SSSR count). The van der Waals surface area contributed by atoms with Gasteiger partial charge in [-0.3, -0.25) is 0 Å². The summed E-state index contributed by atoms with van der Waals surface area (Å²) >= 11 is 11.7. The lowest BCUT2D eigenvalue weighted by atomic mass is 10.2. The molecule has 2 nitrogen and oxygen atoms in total. The average molecular weight is 248 g/mol. The number of aliphatic hydroxyl groups is 1. The van der Waals surface area contributed by atoms with Crippen LogP contribution in [0.3, 0.4) is 0 Å². The van der Waals surface area contributed by atoms with E-state index in [-0.39, 0.29) is 6.61 Å². The predicted octanol–water partition coefficient (Wildman–Crippen LogP) is 2.86. The molecule has 4 heteroatoms. The lowest BCUT2D eigenvalue weighted by Gasteiger charge is -2.05. The molecular formula is C11H15Cl2NO. The smallest absolute Gasteiger partial charge is 0.0595 e. The maximum atomic E-state index is 8.59. The number of halogens is 2. The first kappa shape index (κ1) is 12.8. The summed E-state index contributed by atoms with van der Waals surface area (Å²) in [6.07, 6.45) is 1.83. The van der Waals surface area contributed by atoms with Gasteiger partial charge < -0.3 is 10.4 Å². The largest absolute Gasteiger partial charge is 0.396 e. The number of benzene rings is 1. The fourth-order valence-electron chi connectivity index (χ4n) is 1.24. The number of rotatable bonds is 6. The number of aliphatic hydroxyl groups excluding tert-OH is 1. The van der Waals surface area contributed by atoms with Crippen molar-refractivity contribution in [3.05, 3.63) is 33.8 Å². The number of hydrogen-bond acceptors (Lipinski definition) is 2. The van der Waals surface area contributed by atoms with Crippen molar-refractivity contribution in [1.29, 1.82) is 0 Å². The lowest BCUT2D eigenvalue weighted by molar-refractivity contribution is 0.283. The molecule has 2 N–H and O–H groups in total.